The van der Waals surface area contributed by atoms with E-state index in [4.69, 9.17) is 33.3 Å². The van der Waals surface area contributed by atoms with Crippen molar-refractivity contribution in [2.24, 2.45) is 0 Å². The zero-order valence-corrected chi connectivity index (χ0v) is 20.5. The smallest absolute Gasteiger partial charge is 1.00 e. The van der Waals surface area contributed by atoms with Gasteiger partial charge in [0.1, 0.15) is 11.4 Å². The zero-order chi connectivity index (χ0) is 21.9. The molecule has 0 aliphatic rings. The SMILES string of the molecule is COc1ccc(-c2n[nH]nc2-c2cc(OC)c(OC)c(OC)c2)cc1OP(=O)(O)O.[H-].[Na+]. The number of rotatable bonds is 8. The third kappa shape index (κ3) is 5.51. The fourth-order valence-corrected chi connectivity index (χ4v) is 3.27. The molecule has 0 bridgehead atoms. The molecule has 3 rings (SSSR count). The van der Waals surface area contributed by atoms with Crippen LogP contribution in [0.25, 0.3) is 22.5 Å². The van der Waals surface area contributed by atoms with Crippen LogP contribution in [-0.2, 0) is 4.57 Å². The molecular weight excluding hydrogens is 440 g/mol. The van der Waals surface area contributed by atoms with Crippen molar-refractivity contribution in [1.82, 2.24) is 15.4 Å². The first kappa shape index (κ1) is 25.0. The Morgan fingerprint density at radius 3 is 1.81 bits per heavy atom. The molecule has 162 valence electrons. The van der Waals surface area contributed by atoms with E-state index in [0.29, 0.717) is 39.8 Å². The number of nitrogens with zero attached hydrogens (tertiary/aromatic N) is 2. The Bertz CT molecular complexity index is 1080. The molecule has 0 aliphatic carbocycles. The van der Waals surface area contributed by atoms with Crippen LogP contribution in [-0.4, -0.2) is 53.6 Å². The van der Waals surface area contributed by atoms with Crippen molar-refractivity contribution < 1.29 is 68.8 Å². The minimum absolute atomic E-state index is 0. The van der Waals surface area contributed by atoms with Gasteiger partial charge in [0.2, 0.25) is 5.75 Å². The topological polar surface area (TPSA) is 145 Å². The maximum atomic E-state index is 11.3. The molecule has 0 unspecified atom stereocenters. The van der Waals surface area contributed by atoms with Crippen LogP contribution in [0.5, 0.6) is 28.7 Å². The number of hydrogen-bond acceptors (Lipinski definition) is 8. The summed E-state index contributed by atoms with van der Waals surface area (Å²) >= 11 is 0. The molecule has 0 spiro atoms. The fraction of sp³-hybridized carbons (Fsp3) is 0.222. The summed E-state index contributed by atoms with van der Waals surface area (Å²) in [6.45, 7) is 0. The number of aromatic amines is 1. The van der Waals surface area contributed by atoms with Crippen molar-refractivity contribution in [2.75, 3.05) is 28.4 Å². The summed E-state index contributed by atoms with van der Waals surface area (Å²) in [6.07, 6.45) is 0. The van der Waals surface area contributed by atoms with E-state index in [9.17, 15) is 4.57 Å². The Hall–Kier alpha value is -2.27. The van der Waals surface area contributed by atoms with E-state index in [1.807, 2.05) is 0 Å². The summed E-state index contributed by atoms with van der Waals surface area (Å²) in [5.41, 5.74) is 1.95. The van der Waals surface area contributed by atoms with E-state index >= 15 is 0 Å². The number of aromatic nitrogens is 3. The van der Waals surface area contributed by atoms with Crippen molar-refractivity contribution in [1.29, 1.82) is 0 Å². The Kier molecular flexibility index (Phi) is 8.35. The van der Waals surface area contributed by atoms with Crippen LogP contribution in [0.1, 0.15) is 1.43 Å². The van der Waals surface area contributed by atoms with Gasteiger partial charge in [0.25, 0.3) is 0 Å². The zero-order valence-electron chi connectivity index (χ0n) is 18.6. The average molecular weight is 461 g/mol. The van der Waals surface area contributed by atoms with Gasteiger partial charge in [-0.2, -0.15) is 15.4 Å². The number of phosphoric acid groups is 1. The molecule has 1 aromatic heterocycles. The molecule has 3 aromatic rings. The summed E-state index contributed by atoms with van der Waals surface area (Å²) in [5, 5.41) is 10.9. The molecule has 0 fully saturated rings. The predicted molar refractivity (Wildman–Crippen MR) is 107 cm³/mol. The second-order valence-corrected chi connectivity index (χ2v) is 7.05. The third-order valence-electron chi connectivity index (χ3n) is 4.14. The van der Waals surface area contributed by atoms with Crippen LogP contribution in [0.15, 0.2) is 30.3 Å². The van der Waals surface area contributed by atoms with E-state index in [2.05, 4.69) is 15.4 Å². The number of hydrogen-bond donors (Lipinski definition) is 3. The van der Waals surface area contributed by atoms with E-state index in [1.54, 1.807) is 18.2 Å². The summed E-state index contributed by atoms with van der Waals surface area (Å²) < 4.78 is 37.2. The van der Waals surface area contributed by atoms with Crippen LogP contribution < -0.4 is 53.0 Å². The maximum Gasteiger partial charge on any atom is 1.00 e. The van der Waals surface area contributed by atoms with Gasteiger partial charge in [-0.1, -0.05) is 0 Å². The van der Waals surface area contributed by atoms with Gasteiger partial charge in [-0.3, -0.25) is 9.79 Å². The van der Waals surface area contributed by atoms with Crippen LogP contribution in [0.3, 0.4) is 0 Å². The quantitative estimate of drug-likeness (QED) is 0.304. The Labute approximate surface area is 201 Å². The third-order valence-corrected chi connectivity index (χ3v) is 4.57. The number of methoxy groups -OCH3 is 4. The summed E-state index contributed by atoms with van der Waals surface area (Å²) in [7, 11) is 1.07. The van der Waals surface area contributed by atoms with Gasteiger partial charge in [-0.15, -0.1) is 0 Å². The largest absolute Gasteiger partial charge is 1.00 e. The number of H-pyrrole nitrogens is 1. The van der Waals surface area contributed by atoms with Crippen molar-refractivity contribution in [3.05, 3.63) is 30.3 Å². The fourth-order valence-electron chi connectivity index (χ4n) is 2.87. The Morgan fingerprint density at radius 2 is 1.32 bits per heavy atom. The van der Waals surface area contributed by atoms with Crippen LogP contribution in [0.4, 0.5) is 0 Å². The second kappa shape index (κ2) is 10.4. The number of phosphoric ester groups is 1. The minimum atomic E-state index is -4.80. The van der Waals surface area contributed by atoms with Gasteiger partial charge >= 0.3 is 37.4 Å². The van der Waals surface area contributed by atoms with Crippen molar-refractivity contribution in [3.8, 4) is 51.3 Å². The number of ether oxygens (including phenoxy) is 4. The molecule has 31 heavy (non-hydrogen) atoms. The molecule has 2 aromatic carbocycles. The van der Waals surface area contributed by atoms with E-state index in [0.717, 1.165) is 0 Å². The minimum Gasteiger partial charge on any atom is -1.00 e. The van der Waals surface area contributed by atoms with Crippen molar-refractivity contribution >= 4 is 7.82 Å². The molecule has 0 aliphatic heterocycles. The van der Waals surface area contributed by atoms with Gasteiger partial charge in [0.05, 0.1) is 28.4 Å². The van der Waals surface area contributed by atoms with E-state index < -0.39 is 7.82 Å². The summed E-state index contributed by atoms with van der Waals surface area (Å²) in [5.74, 6) is 1.31. The molecule has 0 radical (unpaired) electrons. The van der Waals surface area contributed by atoms with Gasteiger partial charge in [-0.05, 0) is 30.3 Å². The normalized spacial score (nSPS) is 10.8. The van der Waals surface area contributed by atoms with Crippen LogP contribution in [0.2, 0.25) is 0 Å². The first-order chi connectivity index (χ1) is 14.3. The summed E-state index contributed by atoms with van der Waals surface area (Å²) in [6, 6.07) is 7.98. The Balaban J connectivity index is 0.00000256. The molecule has 0 atom stereocenters. The molecule has 0 saturated carbocycles. The standard InChI is InChI=1S/C18H20N3O8P.Na.H/c1-25-12-6-5-10(7-13(12)29-30(22,23)24)16-17(20-21-19-16)11-8-14(26-2)18(28-4)15(9-11)27-3;;/h5-9H,1-4H3,(H,19,20,21)(H2,22,23,24);;/q;+1;-1. The maximum absolute atomic E-state index is 11.3. The monoisotopic (exact) mass is 461 g/mol. The van der Waals surface area contributed by atoms with E-state index in [1.165, 1.54) is 40.6 Å². The number of benzene rings is 2. The predicted octanol–water partition coefficient (Wildman–Crippen LogP) is -0.239. The first-order valence-corrected chi connectivity index (χ1v) is 9.99. The van der Waals surface area contributed by atoms with Gasteiger partial charge in [-0.25, -0.2) is 4.57 Å². The average Bonchev–Trinajstić information content (AvgIpc) is 3.21. The van der Waals surface area contributed by atoms with Gasteiger partial charge in [0.15, 0.2) is 23.0 Å². The first-order valence-electron chi connectivity index (χ1n) is 8.46. The number of nitrogens with one attached hydrogen (secondary N) is 1. The molecular formula is C18H21N3NaO8P. The molecule has 1 heterocycles. The molecule has 3 N–H and O–H groups in total. The molecule has 11 nitrogen and oxygen atoms in total. The Morgan fingerprint density at radius 1 is 0.806 bits per heavy atom. The molecule has 13 heteroatoms. The van der Waals surface area contributed by atoms with Crippen molar-refractivity contribution in [3.63, 3.8) is 0 Å². The second-order valence-electron chi connectivity index (χ2n) is 5.88. The van der Waals surface area contributed by atoms with Gasteiger partial charge < -0.3 is 24.9 Å². The van der Waals surface area contributed by atoms with Crippen LogP contribution >= 0.6 is 7.82 Å². The summed E-state index contributed by atoms with van der Waals surface area (Å²) in [4.78, 5) is 18.3. The van der Waals surface area contributed by atoms with E-state index in [-0.39, 0.29) is 42.5 Å². The van der Waals surface area contributed by atoms with Crippen molar-refractivity contribution in [2.45, 2.75) is 0 Å². The molecule has 0 amide bonds. The van der Waals surface area contributed by atoms with Crippen LogP contribution in [0, 0.1) is 0 Å². The molecule has 0 saturated heterocycles. The van der Waals surface area contributed by atoms with Gasteiger partial charge in [0, 0.05) is 11.1 Å².